The zero-order chi connectivity index (χ0) is 20.6. The van der Waals surface area contributed by atoms with E-state index in [9.17, 15) is 17.6 Å². The molecule has 0 spiro atoms. The number of rotatable bonds is 4. The van der Waals surface area contributed by atoms with Gasteiger partial charge in [0.25, 0.3) is 0 Å². The second-order valence-electron chi connectivity index (χ2n) is 6.09. The molecule has 3 aromatic heterocycles. The lowest BCUT2D eigenvalue weighted by atomic mass is 10.1. The first kappa shape index (κ1) is 19.1. The van der Waals surface area contributed by atoms with E-state index in [1.807, 2.05) is 0 Å². The summed E-state index contributed by atoms with van der Waals surface area (Å²) in [6.45, 7) is -0.114. The van der Waals surface area contributed by atoms with Crippen LogP contribution in [-0.2, 0) is 12.7 Å². The van der Waals surface area contributed by atoms with E-state index in [1.165, 1.54) is 36.7 Å². The van der Waals surface area contributed by atoms with Crippen molar-refractivity contribution in [3.8, 4) is 22.6 Å². The van der Waals surface area contributed by atoms with Crippen molar-refractivity contribution >= 4 is 11.6 Å². The Bertz CT molecular complexity index is 1130. The van der Waals surface area contributed by atoms with Crippen molar-refractivity contribution in [2.45, 2.75) is 12.7 Å². The average molecular weight is 423 g/mol. The van der Waals surface area contributed by atoms with Gasteiger partial charge in [-0.15, -0.1) is 0 Å². The van der Waals surface area contributed by atoms with Gasteiger partial charge in [0.05, 0.1) is 28.9 Å². The van der Waals surface area contributed by atoms with Gasteiger partial charge in [-0.1, -0.05) is 22.8 Å². The van der Waals surface area contributed by atoms with E-state index in [0.717, 1.165) is 10.9 Å². The van der Waals surface area contributed by atoms with Gasteiger partial charge in [-0.2, -0.15) is 18.3 Å². The van der Waals surface area contributed by atoms with Crippen molar-refractivity contribution in [3.05, 3.63) is 77.1 Å². The van der Waals surface area contributed by atoms with Crippen LogP contribution in [0.15, 0.2) is 59.5 Å². The smallest absolute Gasteiger partial charge is 0.356 e. The monoisotopic (exact) mass is 422 g/mol. The second kappa shape index (κ2) is 7.32. The molecule has 0 aliphatic carbocycles. The van der Waals surface area contributed by atoms with Crippen LogP contribution < -0.4 is 0 Å². The Morgan fingerprint density at radius 2 is 1.86 bits per heavy atom. The van der Waals surface area contributed by atoms with Crippen LogP contribution in [0.4, 0.5) is 17.6 Å². The number of aromatic nitrogens is 4. The predicted molar refractivity (Wildman–Crippen MR) is 96.5 cm³/mol. The third kappa shape index (κ3) is 3.73. The molecular weight excluding hydrogens is 412 g/mol. The number of benzene rings is 1. The zero-order valence-electron chi connectivity index (χ0n) is 14.5. The van der Waals surface area contributed by atoms with Crippen LogP contribution in [0.2, 0.25) is 5.02 Å². The van der Waals surface area contributed by atoms with Crippen molar-refractivity contribution in [1.82, 2.24) is 19.9 Å². The topological polar surface area (TPSA) is 56.7 Å². The number of nitrogens with zero attached hydrogens (tertiary/aromatic N) is 4. The standard InChI is InChI=1S/C19H11ClF4N4O/c20-13-2-1-3-14(21)17(13)15-8-16(29-27-15)12-9-26-28(18(12)19(22,23)24)10-11-4-6-25-7-5-11/h1-9H,10H2. The van der Waals surface area contributed by atoms with Crippen LogP contribution in [0.5, 0.6) is 0 Å². The van der Waals surface area contributed by atoms with E-state index < -0.39 is 17.7 Å². The molecule has 0 bridgehead atoms. The number of hydrogen-bond acceptors (Lipinski definition) is 4. The van der Waals surface area contributed by atoms with Crippen molar-refractivity contribution in [2.75, 3.05) is 0 Å². The van der Waals surface area contributed by atoms with Crippen molar-refractivity contribution in [3.63, 3.8) is 0 Å². The highest BCUT2D eigenvalue weighted by molar-refractivity contribution is 6.33. The Labute approximate surface area is 166 Å². The number of alkyl halides is 3. The van der Waals surface area contributed by atoms with Gasteiger partial charge in [0.2, 0.25) is 0 Å². The Kier molecular flexibility index (Phi) is 4.83. The minimum atomic E-state index is -4.71. The fraction of sp³-hybridized carbons (Fsp3) is 0.105. The van der Waals surface area contributed by atoms with E-state index in [-0.39, 0.29) is 34.1 Å². The van der Waals surface area contributed by atoms with Gasteiger partial charge < -0.3 is 4.52 Å². The third-order valence-corrected chi connectivity index (χ3v) is 4.50. The maximum atomic E-state index is 14.1. The van der Waals surface area contributed by atoms with Gasteiger partial charge in [-0.05, 0) is 29.8 Å². The Hall–Kier alpha value is -3.20. The molecule has 3 heterocycles. The SMILES string of the molecule is Fc1cccc(Cl)c1-c1cc(-c2cnn(Cc3ccncc3)c2C(F)(F)F)on1. The highest BCUT2D eigenvalue weighted by Crippen LogP contribution is 2.39. The van der Waals surface area contributed by atoms with Crippen LogP contribution in [0.25, 0.3) is 22.6 Å². The lowest BCUT2D eigenvalue weighted by Crippen LogP contribution is -2.16. The molecule has 0 N–H and O–H groups in total. The molecule has 0 saturated carbocycles. The second-order valence-corrected chi connectivity index (χ2v) is 6.50. The lowest BCUT2D eigenvalue weighted by molar-refractivity contribution is -0.143. The van der Waals surface area contributed by atoms with Crippen molar-refractivity contribution in [2.24, 2.45) is 0 Å². The van der Waals surface area contributed by atoms with Crippen molar-refractivity contribution < 1.29 is 22.1 Å². The molecule has 29 heavy (non-hydrogen) atoms. The first-order chi connectivity index (χ1) is 13.8. The minimum absolute atomic E-state index is 0.0156. The molecule has 0 amide bonds. The number of halogens is 5. The molecule has 0 unspecified atom stereocenters. The predicted octanol–water partition coefficient (Wildman–Crippen LogP) is 5.46. The summed E-state index contributed by atoms with van der Waals surface area (Å²) < 4.78 is 61.3. The molecule has 10 heteroatoms. The minimum Gasteiger partial charge on any atom is -0.356 e. The first-order valence-electron chi connectivity index (χ1n) is 8.28. The molecular formula is C19H11ClF4N4O. The summed E-state index contributed by atoms with van der Waals surface area (Å²) >= 11 is 5.99. The normalized spacial score (nSPS) is 11.8. The van der Waals surface area contributed by atoms with Crippen LogP contribution >= 0.6 is 11.6 Å². The largest absolute Gasteiger partial charge is 0.433 e. The van der Waals surface area contributed by atoms with Crippen LogP contribution in [-0.4, -0.2) is 19.9 Å². The van der Waals surface area contributed by atoms with Gasteiger partial charge >= 0.3 is 6.18 Å². The maximum absolute atomic E-state index is 14.1. The summed E-state index contributed by atoms with van der Waals surface area (Å²) in [5.74, 6) is -0.866. The van der Waals surface area contributed by atoms with E-state index in [0.29, 0.717) is 5.56 Å². The zero-order valence-corrected chi connectivity index (χ0v) is 15.2. The average Bonchev–Trinajstić information content (AvgIpc) is 3.29. The summed E-state index contributed by atoms with van der Waals surface area (Å²) in [4.78, 5) is 3.84. The summed E-state index contributed by atoms with van der Waals surface area (Å²) in [5, 5.41) is 7.61. The summed E-state index contributed by atoms with van der Waals surface area (Å²) in [5.41, 5.74) is -0.786. The quantitative estimate of drug-likeness (QED) is 0.410. The van der Waals surface area contributed by atoms with Crippen molar-refractivity contribution in [1.29, 1.82) is 0 Å². The Balaban J connectivity index is 1.77. The lowest BCUT2D eigenvalue weighted by Gasteiger charge is -2.11. The molecule has 4 aromatic rings. The van der Waals surface area contributed by atoms with Gasteiger partial charge in [0.1, 0.15) is 11.5 Å². The molecule has 0 aliphatic heterocycles. The Morgan fingerprint density at radius 1 is 1.10 bits per heavy atom. The van der Waals surface area contributed by atoms with E-state index in [4.69, 9.17) is 16.1 Å². The molecule has 0 aliphatic rings. The number of pyridine rings is 1. The third-order valence-electron chi connectivity index (χ3n) is 4.18. The molecule has 4 rings (SSSR count). The van der Waals surface area contributed by atoms with Gasteiger partial charge in [0.15, 0.2) is 11.5 Å². The maximum Gasteiger partial charge on any atom is 0.433 e. The van der Waals surface area contributed by atoms with Crippen LogP contribution in [0, 0.1) is 5.82 Å². The Morgan fingerprint density at radius 3 is 2.55 bits per heavy atom. The van der Waals surface area contributed by atoms with E-state index in [1.54, 1.807) is 12.1 Å². The fourth-order valence-electron chi connectivity index (χ4n) is 2.91. The molecule has 5 nitrogen and oxygen atoms in total. The van der Waals surface area contributed by atoms with E-state index in [2.05, 4.69) is 15.2 Å². The first-order valence-corrected chi connectivity index (χ1v) is 8.66. The highest BCUT2D eigenvalue weighted by Gasteiger charge is 2.39. The molecule has 148 valence electrons. The fourth-order valence-corrected chi connectivity index (χ4v) is 3.17. The molecule has 0 radical (unpaired) electrons. The molecule has 0 fully saturated rings. The van der Waals surface area contributed by atoms with Gasteiger partial charge in [-0.25, -0.2) is 4.39 Å². The van der Waals surface area contributed by atoms with E-state index >= 15 is 0 Å². The molecule has 0 saturated heterocycles. The van der Waals surface area contributed by atoms with Gasteiger partial charge in [-0.3, -0.25) is 9.67 Å². The summed E-state index contributed by atoms with van der Waals surface area (Å²) in [7, 11) is 0. The van der Waals surface area contributed by atoms with Crippen LogP contribution in [0.3, 0.4) is 0 Å². The number of hydrogen-bond donors (Lipinski definition) is 0. The molecule has 0 atom stereocenters. The highest BCUT2D eigenvalue weighted by atomic mass is 35.5. The molecule has 1 aromatic carbocycles. The summed E-state index contributed by atoms with van der Waals surface area (Å²) in [6.07, 6.45) is -0.708. The summed E-state index contributed by atoms with van der Waals surface area (Å²) in [6, 6.07) is 8.41. The van der Waals surface area contributed by atoms with Gasteiger partial charge in [0, 0.05) is 18.5 Å². The van der Waals surface area contributed by atoms with Crippen LogP contribution in [0.1, 0.15) is 11.3 Å².